The van der Waals surface area contributed by atoms with Gasteiger partial charge in [0.05, 0.1) is 0 Å². The van der Waals surface area contributed by atoms with E-state index in [1.165, 1.54) is 0 Å². The summed E-state index contributed by atoms with van der Waals surface area (Å²) in [6.07, 6.45) is 1.35. The lowest BCUT2D eigenvalue weighted by Gasteiger charge is -2.02. The highest BCUT2D eigenvalue weighted by Gasteiger charge is 2.23. The maximum atomic E-state index is 10.9. The van der Waals surface area contributed by atoms with Crippen LogP contribution in [0, 0.1) is 11.3 Å². The predicted molar refractivity (Wildman–Crippen MR) is 59.9 cm³/mol. The standard InChI is InChI=1S/C12H8ClNO2/c13-8-3-1-7-2-4-9(10(7)5-8)11(6-14)12(15)16/h1,3,5H,2,4H2,(H,15,16). The van der Waals surface area contributed by atoms with Crippen molar-refractivity contribution in [1.29, 1.82) is 5.26 Å². The number of hydrogen-bond donors (Lipinski definition) is 1. The first-order chi connectivity index (χ1) is 7.63. The Hall–Kier alpha value is -1.79. The van der Waals surface area contributed by atoms with Crippen LogP contribution >= 0.6 is 11.6 Å². The maximum Gasteiger partial charge on any atom is 0.346 e. The van der Waals surface area contributed by atoms with Gasteiger partial charge in [0.1, 0.15) is 11.6 Å². The molecule has 0 saturated carbocycles. The highest BCUT2D eigenvalue weighted by atomic mass is 35.5. The van der Waals surface area contributed by atoms with Crippen LogP contribution in [-0.4, -0.2) is 11.1 Å². The van der Waals surface area contributed by atoms with Crippen molar-refractivity contribution in [1.82, 2.24) is 0 Å². The zero-order chi connectivity index (χ0) is 11.7. The van der Waals surface area contributed by atoms with Crippen LogP contribution in [0.3, 0.4) is 0 Å². The molecule has 0 bridgehead atoms. The van der Waals surface area contributed by atoms with Crippen molar-refractivity contribution in [2.45, 2.75) is 12.8 Å². The summed E-state index contributed by atoms with van der Waals surface area (Å²) in [4.78, 5) is 10.9. The number of rotatable bonds is 1. The molecule has 0 atom stereocenters. The lowest BCUT2D eigenvalue weighted by molar-refractivity contribution is -0.132. The third-order valence-electron chi connectivity index (χ3n) is 2.67. The molecule has 2 rings (SSSR count). The number of aliphatic carboxylic acids is 1. The molecule has 1 aliphatic carbocycles. The molecule has 3 nitrogen and oxygen atoms in total. The number of hydrogen-bond acceptors (Lipinski definition) is 2. The Morgan fingerprint density at radius 3 is 2.81 bits per heavy atom. The number of benzene rings is 1. The van der Waals surface area contributed by atoms with Crippen LogP contribution in [0.5, 0.6) is 0 Å². The zero-order valence-corrected chi connectivity index (χ0v) is 9.08. The summed E-state index contributed by atoms with van der Waals surface area (Å²) in [5, 5.41) is 18.3. The summed E-state index contributed by atoms with van der Waals surface area (Å²) in [7, 11) is 0. The maximum absolute atomic E-state index is 10.9. The van der Waals surface area contributed by atoms with Crippen LogP contribution in [0.4, 0.5) is 0 Å². The second-order valence-electron chi connectivity index (χ2n) is 3.57. The van der Waals surface area contributed by atoms with Gasteiger partial charge >= 0.3 is 5.97 Å². The topological polar surface area (TPSA) is 61.1 Å². The molecule has 1 N–H and O–H groups in total. The van der Waals surface area contributed by atoms with Crippen LogP contribution < -0.4 is 0 Å². The van der Waals surface area contributed by atoms with E-state index >= 15 is 0 Å². The van der Waals surface area contributed by atoms with Gasteiger partial charge in [0.15, 0.2) is 0 Å². The van der Waals surface area contributed by atoms with E-state index in [2.05, 4.69) is 0 Å². The van der Waals surface area contributed by atoms with E-state index < -0.39 is 5.97 Å². The fourth-order valence-corrected chi connectivity index (χ4v) is 2.12. The van der Waals surface area contributed by atoms with E-state index in [0.29, 0.717) is 17.0 Å². The highest BCUT2D eigenvalue weighted by Crippen LogP contribution is 2.35. The Balaban J connectivity index is 2.63. The molecule has 0 aromatic heterocycles. The number of carboxylic acids is 1. The van der Waals surface area contributed by atoms with E-state index in [0.717, 1.165) is 17.5 Å². The number of halogens is 1. The predicted octanol–water partition coefficient (Wildman–Crippen LogP) is 2.65. The van der Waals surface area contributed by atoms with Crippen molar-refractivity contribution >= 4 is 23.1 Å². The van der Waals surface area contributed by atoms with E-state index in [9.17, 15) is 4.79 Å². The Morgan fingerprint density at radius 2 is 2.19 bits per heavy atom. The third kappa shape index (κ3) is 1.68. The monoisotopic (exact) mass is 233 g/mol. The fourth-order valence-electron chi connectivity index (χ4n) is 1.95. The third-order valence-corrected chi connectivity index (χ3v) is 2.90. The molecular weight excluding hydrogens is 226 g/mol. The van der Waals surface area contributed by atoms with Crippen LogP contribution in [0.2, 0.25) is 5.02 Å². The van der Waals surface area contributed by atoms with Gasteiger partial charge in [-0.15, -0.1) is 0 Å². The molecule has 0 amide bonds. The van der Waals surface area contributed by atoms with E-state index in [1.54, 1.807) is 18.2 Å². The second-order valence-corrected chi connectivity index (χ2v) is 4.01. The van der Waals surface area contributed by atoms with E-state index in [-0.39, 0.29) is 5.57 Å². The van der Waals surface area contributed by atoms with Crippen molar-refractivity contribution in [2.24, 2.45) is 0 Å². The molecular formula is C12H8ClNO2. The number of allylic oxidation sites excluding steroid dienone is 1. The molecule has 4 heteroatoms. The molecule has 0 spiro atoms. The Morgan fingerprint density at radius 1 is 1.44 bits per heavy atom. The molecule has 0 heterocycles. The number of carbonyl (C=O) groups is 1. The van der Waals surface area contributed by atoms with Gasteiger partial charge in [0, 0.05) is 5.02 Å². The fraction of sp³-hybridized carbons (Fsp3) is 0.167. The number of carboxylic acid groups (broad SMARTS) is 1. The lowest BCUT2D eigenvalue weighted by atomic mass is 10.0. The SMILES string of the molecule is N#CC(C(=O)O)=C1CCc2ccc(Cl)cc21. The lowest BCUT2D eigenvalue weighted by Crippen LogP contribution is -2.01. The van der Waals surface area contributed by atoms with Crippen molar-refractivity contribution in [3.8, 4) is 6.07 Å². The molecule has 1 aromatic rings. The van der Waals surface area contributed by atoms with Gasteiger partial charge in [-0.25, -0.2) is 4.79 Å². The number of aryl methyl sites for hydroxylation is 1. The molecule has 1 aromatic carbocycles. The largest absolute Gasteiger partial charge is 0.477 e. The summed E-state index contributed by atoms with van der Waals surface area (Å²) in [5.41, 5.74) is 2.26. The van der Waals surface area contributed by atoms with Crippen LogP contribution in [-0.2, 0) is 11.2 Å². The van der Waals surface area contributed by atoms with Gasteiger partial charge in [0.25, 0.3) is 0 Å². The first kappa shape index (κ1) is 10.7. The quantitative estimate of drug-likeness (QED) is 0.599. The van der Waals surface area contributed by atoms with Gasteiger partial charge < -0.3 is 5.11 Å². The minimum atomic E-state index is -1.18. The van der Waals surface area contributed by atoms with Crippen LogP contribution in [0.1, 0.15) is 17.5 Å². The highest BCUT2D eigenvalue weighted by molar-refractivity contribution is 6.30. The normalized spacial score (nSPS) is 16.5. The molecule has 0 unspecified atom stereocenters. The van der Waals surface area contributed by atoms with Gasteiger partial charge in [-0.3, -0.25) is 0 Å². The molecule has 0 fully saturated rings. The summed E-state index contributed by atoms with van der Waals surface area (Å²) < 4.78 is 0. The van der Waals surface area contributed by atoms with Crippen molar-refractivity contribution in [3.05, 3.63) is 39.9 Å². The second kappa shape index (κ2) is 3.99. The molecule has 0 aliphatic heterocycles. The average Bonchev–Trinajstić information content (AvgIpc) is 2.62. The molecule has 16 heavy (non-hydrogen) atoms. The van der Waals surface area contributed by atoms with Gasteiger partial charge in [-0.1, -0.05) is 17.7 Å². The average molecular weight is 234 g/mol. The van der Waals surface area contributed by atoms with Crippen LogP contribution in [0.15, 0.2) is 23.8 Å². The summed E-state index contributed by atoms with van der Waals surface area (Å²) in [5.74, 6) is -1.18. The first-order valence-electron chi connectivity index (χ1n) is 4.79. The number of nitrogens with zero attached hydrogens (tertiary/aromatic N) is 1. The molecule has 0 saturated heterocycles. The molecule has 80 valence electrons. The van der Waals surface area contributed by atoms with E-state index in [4.69, 9.17) is 22.0 Å². The summed E-state index contributed by atoms with van der Waals surface area (Å²) >= 11 is 5.86. The smallest absolute Gasteiger partial charge is 0.346 e. The summed E-state index contributed by atoms with van der Waals surface area (Å²) in [6, 6.07) is 7.11. The summed E-state index contributed by atoms with van der Waals surface area (Å²) in [6.45, 7) is 0. The van der Waals surface area contributed by atoms with E-state index in [1.807, 2.05) is 6.07 Å². The number of fused-ring (bicyclic) bond motifs is 1. The van der Waals surface area contributed by atoms with Gasteiger partial charge in [-0.05, 0) is 41.7 Å². The Labute approximate surface area is 97.6 Å². The van der Waals surface area contributed by atoms with Crippen LogP contribution in [0.25, 0.3) is 5.57 Å². The minimum Gasteiger partial charge on any atom is -0.477 e. The zero-order valence-electron chi connectivity index (χ0n) is 8.33. The van der Waals surface area contributed by atoms with Crippen molar-refractivity contribution in [2.75, 3.05) is 0 Å². The minimum absolute atomic E-state index is 0.180. The number of nitriles is 1. The Bertz CT molecular complexity index is 540. The molecule has 0 radical (unpaired) electrons. The molecule has 1 aliphatic rings. The van der Waals surface area contributed by atoms with Crippen molar-refractivity contribution in [3.63, 3.8) is 0 Å². The van der Waals surface area contributed by atoms with Crippen molar-refractivity contribution < 1.29 is 9.90 Å². The van der Waals surface area contributed by atoms with Gasteiger partial charge in [0.2, 0.25) is 0 Å². The Kier molecular flexibility index (Phi) is 2.67. The van der Waals surface area contributed by atoms with Gasteiger partial charge in [-0.2, -0.15) is 5.26 Å². The first-order valence-corrected chi connectivity index (χ1v) is 5.16.